The Balaban J connectivity index is 2.03. The van der Waals surface area contributed by atoms with Gasteiger partial charge in [0, 0.05) is 16.7 Å². The number of Topliss-reactive ketones (excluding diaryl/α,β-unsaturated/α-hetero) is 1. The van der Waals surface area contributed by atoms with Crippen molar-refractivity contribution in [2.75, 3.05) is 0 Å². The molecule has 4 nitrogen and oxygen atoms in total. The van der Waals surface area contributed by atoms with Crippen LogP contribution in [0.25, 0.3) is 0 Å². The molecule has 0 spiro atoms. The number of hydrogen-bond donors (Lipinski definition) is 1. The molecule has 0 aromatic carbocycles. The summed E-state index contributed by atoms with van der Waals surface area (Å²) in [4.78, 5) is 25.0. The lowest BCUT2D eigenvalue weighted by Gasteiger charge is -2.69. The van der Waals surface area contributed by atoms with E-state index in [0.29, 0.717) is 18.6 Å². The molecule has 26 heavy (non-hydrogen) atoms. The number of fused-ring (bicyclic) bond motifs is 3. The van der Waals surface area contributed by atoms with Gasteiger partial charge in [-0.25, -0.2) is 0 Å². The molecular weight excluding hydrogens is 344 g/mol. The van der Waals surface area contributed by atoms with E-state index in [-0.39, 0.29) is 27.7 Å². The van der Waals surface area contributed by atoms with E-state index in [1.54, 1.807) is 0 Å². The summed E-state index contributed by atoms with van der Waals surface area (Å²) in [6, 6.07) is 0. The van der Waals surface area contributed by atoms with Crippen LogP contribution in [0.3, 0.4) is 0 Å². The highest BCUT2D eigenvalue weighted by molar-refractivity contribution is 6.74. The van der Waals surface area contributed by atoms with Crippen molar-refractivity contribution in [3.05, 3.63) is 0 Å². The molecule has 148 valence electrons. The van der Waals surface area contributed by atoms with Gasteiger partial charge in [0.05, 0.1) is 11.5 Å². The number of aliphatic carboxylic acids is 1. The molecule has 0 saturated heterocycles. The number of carboxylic acids is 1. The van der Waals surface area contributed by atoms with Crippen LogP contribution in [-0.4, -0.2) is 30.8 Å². The monoisotopic (exact) mass is 380 g/mol. The Labute approximate surface area is 159 Å². The van der Waals surface area contributed by atoms with Gasteiger partial charge in [0.1, 0.15) is 5.78 Å². The molecule has 3 saturated carbocycles. The van der Waals surface area contributed by atoms with Crippen LogP contribution in [0.4, 0.5) is 0 Å². The molecule has 5 heteroatoms. The molecule has 0 unspecified atom stereocenters. The van der Waals surface area contributed by atoms with Crippen LogP contribution in [0.1, 0.15) is 67.2 Å². The largest absolute Gasteiger partial charge is 0.481 e. The number of hydrogen-bond acceptors (Lipinski definition) is 3. The zero-order chi connectivity index (χ0) is 19.9. The van der Waals surface area contributed by atoms with Gasteiger partial charge in [-0.15, -0.1) is 0 Å². The Morgan fingerprint density at radius 1 is 1.19 bits per heavy atom. The smallest absolute Gasteiger partial charge is 0.309 e. The lowest BCUT2D eigenvalue weighted by Crippen LogP contribution is -2.74. The molecule has 3 aliphatic rings. The molecule has 5 atom stereocenters. The maximum Gasteiger partial charge on any atom is 0.309 e. The summed E-state index contributed by atoms with van der Waals surface area (Å²) in [5, 5.41) is 9.95. The van der Waals surface area contributed by atoms with E-state index in [1.807, 2.05) is 0 Å². The summed E-state index contributed by atoms with van der Waals surface area (Å²) in [7, 11) is -2.13. The van der Waals surface area contributed by atoms with Crippen molar-refractivity contribution in [3.63, 3.8) is 0 Å². The summed E-state index contributed by atoms with van der Waals surface area (Å²) in [6.07, 6.45) is 2.99. The van der Waals surface area contributed by atoms with Crippen LogP contribution < -0.4 is 0 Å². The van der Waals surface area contributed by atoms with E-state index in [2.05, 4.69) is 54.6 Å². The average molecular weight is 381 g/mol. The number of ketones is 1. The van der Waals surface area contributed by atoms with E-state index in [1.165, 1.54) is 0 Å². The lowest BCUT2D eigenvalue weighted by molar-refractivity contribution is -0.252. The van der Waals surface area contributed by atoms with E-state index in [4.69, 9.17) is 4.43 Å². The summed E-state index contributed by atoms with van der Waals surface area (Å²) in [5.74, 6) is -0.465. The average Bonchev–Trinajstić information content (AvgIpc) is 2.69. The minimum Gasteiger partial charge on any atom is -0.481 e. The van der Waals surface area contributed by atoms with Gasteiger partial charge in [0.2, 0.25) is 0 Å². The Hall–Kier alpha value is -0.683. The molecule has 0 aromatic rings. The fraction of sp³-hybridized carbons (Fsp3) is 0.905. The summed E-state index contributed by atoms with van der Waals surface area (Å²) in [5.41, 5.74) is -1.11. The Bertz CT molecular complexity index is 647. The predicted molar refractivity (Wildman–Crippen MR) is 104 cm³/mol. The van der Waals surface area contributed by atoms with Crippen LogP contribution >= 0.6 is 0 Å². The molecule has 0 aliphatic heterocycles. The van der Waals surface area contributed by atoms with Gasteiger partial charge in [-0.3, -0.25) is 9.59 Å². The highest BCUT2D eigenvalue weighted by Crippen LogP contribution is 2.71. The normalized spacial score (nSPS) is 42.0. The summed E-state index contributed by atoms with van der Waals surface area (Å²) in [6.45, 7) is 17.4. The second kappa shape index (κ2) is 5.44. The molecule has 0 heterocycles. The van der Waals surface area contributed by atoms with Crippen molar-refractivity contribution in [1.82, 2.24) is 0 Å². The standard InChI is InChI=1S/C21H36O4Si/c1-18(2,3)26(7,8)25-21-10-9-13-14(11-19(4,5)16(13)22)20(21,6)12-15(21)17(23)24/h13-15H,9-12H2,1-8H3,(H,23,24)/t13-,14-,15-,20+,21-/m1/s1. The highest BCUT2D eigenvalue weighted by Gasteiger charge is 2.75. The van der Waals surface area contributed by atoms with Gasteiger partial charge in [-0.2, -0.15) is 0 Å². The fourth-order valence-electron chi connectivity index (χ4n) is 5.94. The van der Waals surface area contributed by atoms with Gasteiger partial charge in [0.15, 0.2) is 8.32 Å². The fourth-order valence-corrected chi connectivity index (χ4v) is 7.63. The minimum absolute atomic E-state index is 0.0307. The molecule has 0 bridgehead atoms. The molecule has 0 amide bonds. The Morgan fingerprint density at radius 2 is 1.77 bits per heavy atom. The highest BCUT2D eigenvalue weighted by atomic mass is 28.4. The Kier molecular flexibility index (Phi) is 4.19. The molecule has 3 aliphatic carbocycles. The zero-order valence-electron chi connectivity index (χ0n) is 17.7. The number of carbonyl (C=O) groups is 2. The summed E-state index contributed by atoms with van der Waals surface area (Å²) >= 11 is 0. The van der Waals surface area contributed by atoms with Crippen molar-refractivity contribution in [2.45, 2.75) is 91.0 Å². The van der Waals surface area contributed by atoms with E-state index in [0.717, 1.165) is 12.8 Å². The topological polar surface area (TPSA) is 63.6 Å². The lowest BCUT2D eigenvalue weighted by atomic mass is 9.41. The van der Waals surface area contributed by atoms with Crippen LogP contribution in [0.5, 0.6) is 0 Å². The first-order valence-corrected chi connectivity index (χ1v) is 13.0. The van der Waals surface area contributed by atoms with Crippen molar-refractivity contribution in [2.24, 2.45) is 28.6 Å². The minimum atomic E-state index is -2.13. The first-order chi connectivity index (χ1) is 11.6. The van der Waals surface area contributed by atoms with Crippen LogP contribution in [0.2, 0.25) is 18.1 Å². The van der Waals surface area contributed by atoms with Gasteiger partial charge in [0.25, 0.3) is 0 Å². The SMILES string of the molecule is CC1(C)C[C@@H]2[C@@H](CC[C@@]3(O[Si](C)(C)C(C)(C)C)[C@@H](C(=O)O)C[C@@]23C)C1=O. The van der Waals surface area contributed by atoms with E-state index in [9.17, 15) is 14.7 Å². The first kappa shape index (κ1) is 20.1. The molecule has 1 N–H and O–H groups in total. The molecule has 0 aromatic heterocycles. The maximum atomic E-state index is 12.9. The van der Waals surface area contributed by atoms with Crippen molar-refractivity contribution in [1.29, 1.82) is 0 Å². The third kappa shape index (κ3) is 2.42. The third-order valence-corrected chi connectivity index (χ3v) is 13.1. The van der Waals surface area contributed by atoms with Gasteiger partial charge in [-0.1, -0.05) is 41.5 Å². The van der Waals surface area contributed by atoms with Crippen LogP contribution in [0.15, 0.2) is 0 Å². The van der Waals surface area contributed by atoms with Gasteiger partial charge < -0.3 is 9.53 Å². The number of carboxylic acid groups (broad SMARTS) is 1. The third-order valence-electron chi connectivity index (χ3n) is 8.56. The maximum absolute atomic E-state index is 12.9. The van der Waals surface area contributed by atoms with Crippen molar-refractivity contribution in [3.8, 4) is 0 Å². The Morgan fingerprint density at radius 3 is 2.27 bits per heavy atom. The van der Waals surface area contributed by atoms with Crippen LogP contribution in [-0.2, 0) is 14.0 Å². The molecule has 3 fully saturated rings. The van der Waals surface area contributed by atoms with Crippen molar-refractivity contribution >= 4 is 20.1 Å². The van der Waals surface area contributed by atoms with Crippen LogP contribution in [0, 0.1) is 28.6 Å². The quantitative estimate of drug-likeness (QED) is 0.709. The molecule has 0 radical (unpaired) electrons. The zero-order valence-corrected chi connectivity index (χ0v) is 18.7. The second-order valence-corrected chi connectivity index (χ2v) is 16.2. The summed E-state index contributed by atoms with van der Waals surface area (Å²) < 4.78 is 6.97. The van der Waals surface area contributed by atoms with E-state index < -0.39 is 25.8 Å². The molecule has 3 rings (SSSR count). The van der Waals surface area contributed by atoms with Crippen molar-refractivity contribution < 1.29 is 19.1 Å². The predicted octanol–water partition coefficient (Wildman–Crippen LogP) is 4.88. The molecular formula is C21H36O4Si. The van der Waals surface area contributed by atoms with Gasteiger partial charge in [-0.05, 0) is 49.7 Å². The van der Waals surface area contributed by atoms with Gasteiger partial charge >= 0.3 is 5.97 Å². The first-order valence-electron chi connectivity index (χ1n) is 10.1. The second-order valence-electron chi connectivity index (χ2n) is 11.5. The number of rotatable bonds is 3. The van der Waals surface area contributed by atoms with E-state index >= 15 is 0 Å². The number of carbonyl (C=O) groups excluding carboxylic acids is 1.